The number of imide groups is 1. The molecule has 0 spiro atoms. The summed E-state index contributed by atoms with van der Waals surface area (Å²) in [5, 5.41) is 2.55. The number of nitrogens with zero attached hydrogens (tertiary/aromatic N) is 2. The molecule has 1 atom stereocenters. The van der Waals surface area contributed by atoms with Crippen LogP contribution in [0, 0.1) is 0 Å². The number of rotatable bonds is 4. The van der Waals surface area contributed by atoms with E-state index in [2.05, 4.69) is 5.32 Å². The van der Waals surface area contributed by atoms with Gasteiger partial charge in [0.25, 0.3) is 5.91 Å². The maximum atomic E-state index is 12.5. The van der Waals surface area contributed by atoms with Crippen molar-refractivity contribution in [3.05, 3.63) is 60.0 Å². The molecule has 2 aliphatic heterocycles. The minimum Gasteiger partial charge on any atom is -0.465 e. The van der Waals surface area contributed by atoms with Crippen molar-refractivity contribution in [2.24, 2.45) is 0 Å². The van der Waals surface area contributed by atoms with Gasteiger partial charge in [-0.15, -0.1) is 0 Å². The smallest absolute Gasteiger partial charge is 0.355 e. The maximum absolute atomic E-state index is 12.5. The normalized spacial score (nSPS) is 18.7. The number of ether oxygens (including phenoxy) is 2. The van der Waals surface area contributed by atoms with Crippen LogP contribution in [0.1, 0.15) is 6.92 Å². The van der Waals surface area contributed by atoms with Gasteiger partial charge in [0.1, 0.15) is 11.7 Å². The molecule has 1 aromatic rings. The molecular weight excluding hydrogens is 378 g/mol. The van der Waals surface area contributed by atoms with Gasteiger partial charge in [0.05, 0.1) is 25.5 Å². The highest BCUT2D eigenvalue weighted by Gasteiger charge is 2.36. The summed E-state index contributed by atoms with van der Waals surface area (Å²) in [5.41, 5.74) is 0.693. The average Bonchev–Trinajstić information content (AvgIpc) is 2.89. The summed E-state index contributed by atoms with van der Waals surface area (Å²) in [6.07, 6.45) is 6.21. The molecule has 1 fully saturated rings. The molecule has 150 valence electrons. The number of anilines is 2. The van der Waals surface area contributed by atoms with E-state index in [9.17, 15) is 19.2 Å². The predicted molar refractivity (Wildman–Crippen MR) is 104 cm³/mol. The van der Waals surface area contributed by atoms with Crippen molar-refractivity contribution in [2.45, 2.75) is 13.0 Å². The lowest BCUT2D eigenvalue weighted by atomic mass is 10.1. The lowest BCUT2D eigenvalue weighted by molar-refractivity contribution is -0.139. The molecule has 0 saturated carbocycles. The Labute approximate surface area is 166 Å². The maximum Gasteiger partial charge on any atom is 0.355 e. The van der Waals surface area contributed by atoms with E-state index in [-0.39, 0.29) is 17.2 Å². The van der Waals surface area contributed by atoms with Crippen LogP contribution in [-0.2, 0) is 23.9 Å². The van der Waals surface area contributed by atoms with Gasteiger partial charge in [0.15, 0.2) is 0 Å². The zero-order chi connectivity index (χ0) is 21.1. The molecule has 29 heavy (non-hydrogen) atoms. The van der Waals surface area contributed by atoms with Gasteiger partial charge in [-0.2, -0.15) is 0 Å². The molecule has 3 rings (SSSR count). The molecule has 3 amide bonds. The summed E-state index contributed by atoms with van der Waals surface area (Å²) < 4.78 is 9.64. The molecule has 9 nitrogen and oxygen atoms in total. The predicted octanol–water partition coefficient (Wildman–Crippen LogP) is 1.62. The summed E-state index contributed by atoms with van der Waals surface area (Å²) in [5.74, 6) is -1.86. The summed E-state index contributed by atoms with van der Waals surface area (Å²) in [4.78, 5) is 51.6. The number of allylic oxidation sites excluding steroid dienone is 2. The average molecular weight is 397 g/mol. The van der Waals surface area contributed by atoms with Crippen LogP contribution in [0.4, 0.5) is 16.2 Å². The lowest BCUT2D eigenvalue weighted by Gasteiger charge is -2.24. The molecule has 9 heteroatoms. The number of benzene rings is 1. The number of carbonyl (C=O) groups excluding carboxylic acids is 4. The molecule has 0 radical (unpaired) electrons. The van der Waals surface area contributed by atoms with E-state index >= 15 is 0 Å². The Balaban J connectivity index is 2.11. The summed E-state index contributed by atoms with van der Waals surface area (Å²) in [6.45, 7) is 1.59. The third-order valence-corrected chi connectivity index (χ3v) is 4.39. The van der Waals surface area contributed by atoms with Gasteiger partial charge < -0.3 is 19.7 Å². The third-order valence-electron chi connectivity index (χ3n) is 4.39. The first-order valence-electron chi connectivity index (χ1n) is 8.68. The highest BCUT2D eigenvalue weighted by molar-refractivity contribution is 6.21. The van der Waals surface area contributed by atoms with Gasteiger partial charge >= 0.3 is 18.0 Å². The Kier molecular flexibility index (Phi) is 5.49. The van der Waals surface area contributed by atoms with Crippen molar-refractivity contribution < 1.29 is 28.7 Å². The number of nitrogens with one attached hydrogen (secondary N) is 1. The zero-order valence-corrected chi connectivity index (χ0v) is 16.0. The number of esters is 2. The number of hydrogen-bond acceptors (Lipinski definition) is 7. The van der Waals surface area contributed by atoms with Crippen LogP contribution in [0.25, 0.3) is 0 Å². The van der Waals surface area contributed by atoms with Gasteiger partial charge in [0.2, 0.25) is 0 Å². The van der Waals surface area contributed by atoms with E-state index in [1.54, 1.807) is 49.5 Å². The van der Waals surface area contributed by atoms with E-state index in [1.807, 2.05) is 0 Å². The molecule has 0 aliphatic carbocycles. The van der Waals surface area contributed by atoms with Crippen LogP contribution in [0.5, 0.6) is 0 Å². The fraction of sp³-hybridized carbons (Fsp3) is 0.200. The third kappa shape index (κ3) is 3.62. The second-order valence-corrected chi connectivity index (χ2v) is 6.18. The second-order valence-electron chi connectivity index (χ2n) is 6.18. The molecule has 0 aromatic heterocycles. The molecule has 0 bridgehead atoms. The summed E-state index contributed by atoms with van der Waals surface area (Å²) in [6, 6.07) is 5.29. The first-order chi connectivity index (χ1) is 13.9. The first kappa shape index (κ1) is 19.9. The number of carbonyl (C=O) groups is 4. The van der Waals surface area contributed by atoms with E-state index in [1.165, 1.54) is 25.2 Å². The van der Waals surface area contributed by atoms with Crippen molar-refractivity contribution in [2.75, 3.05) is 24.0 Å². The van der Waals surface area contributed by atoms with Gasteiger partial charge in [0, 0.05) is 11.9 Å². The largest absolute Gasteiger partial charge is 0.465 e. The molecule has 1 aromatic carbocycles. The van der Waals surface area contributed by atoms with Crippen molar-refractivity contribution in [1.29, 1.82) is 0 Å². The number of methoxy groups -OCH3 is 2. The van der Waals surface area contributed by atoms with Gasteiger partial charge in [-0.05, 0) is 37.3 Å². The SMILES string of the molecule is COC(=O)C1=C(C(=O)OC)N(c2cccc(N3C(=O)NC(C)C3=O)c2)C=CC=C1. The van der Waals surface area contributed by atoms with E-state index in [4.69, 9.17) is 9.47 Å². The summed E-state index contributed by atoms with van der Waals surface area (Å²) >= 11 is 0. The zero-order valence-electron chi connectivity index (χ0n) is 16.0. The van der Waals surface area contributed by atoms with Crippen LogP contribution in [-0.4, -0.2) is 44.1 Å². The van der Waals surface area contributed by atoms with E-state index in [0.29, 0.717) is 11.4 Å². The molecule has 1 saturated heterocycles. The van der Waals surface area contributed by atoms with Gasteiger partial charge in [-0.1, -0.05) is 12.1 Å². The Hall–Kier alpha value is -3.88. The van der Waals surface area contributed by atoms with Gasteiger partial charge in [-0.25, -0.2) is 19.3 Å². The van der Waals surface area contributed by atoms with Crippen LogP contribution in [0.15, 0.2) is 60.0 Å². The Morgan fingerprint density at radius 1 is 1.03 bits per heavy atom. The lowest BCUT2D eigenvalue weighted by Crippen LogP contribution is -2.31. The number of amides is 3. The van der Waals surface area contributed by atoms with Crippen molar-refractivity contribution >= 4 is 35.3 Å². The fourth-order valence-electron chi connectivity index (χ4n) is 3.00. The monoisotopic (exact) mass is 397 g/mol. The van der Waals surface area contributed by atoms with Crippen molar-refractivity contribution in [3.8, 4) is 0 Å². The standard InChI is InChI=1S/C20H19N3O6/c1-12-17(24)23(20(27)21-12)14-8-6-7-13(11-14)22-10-5-4-9-15(18(25)28-2)16(22)19(26)29-3/h4-12H,1-3H3,(H,21,27). The van der Waals surface area contributed by atoms with E-state index < -0.39 is 24.0 Å². The Morgan fingerprint density at radius 2 is 1.72 bits per heavy atom. The molecular formula is C20H19N3O6. The minimum atomic E-state index is -0.754. The van der Waals surface area contributed by atoms with Crippen LogP contribution in [0.3, 0.4) is 0 Å². The van der Waals surface area contributed by atoms with Crippen LogP contribution in [0.2, 0.25) is 0 Å². The first-order valence-corrected chi connectivity index (χ1v) is 8.68. The quantitative estimate of drug-likeness (QED) is 0.608. The van der Waals surface area contributed by atoms with E-state index in [0.717, 1.165) is 4.90 Å². The second kappa shape index (κ2) is 8.01. The summed E-state index contributed by atoms with van der Waals surface area (Å²) in [7, 11) is 2.41. The molecule has 2 aliphatic rings. The molecule has 1 N–H and O–H groups in total. The number of urea groups is 1. The molecule has 2 heterocycles. The highest BCUT2D eigenvalue weighted by Crippen LogP contribution is 2.30. The highest BCUT2D eigenvalue weighted by atomic mass is 16.5. The topological polar surface area (TPSA) is 105 Å². The Bertz CT molecular complexity index is 978. The van der Waals surface area contributed by atoms with Gasteiger partial charge in [-0.3, -0.25) is 4.79 Å². The van der Waals surface area contributed by atoms with Crippen LogP contribution < -0.4 is 15.1 Å². The van der Waals surface area contributed by atoms with Crippen molar-refractivity contribution in [1.82, 2.24) is 5.32 Å². The van der Waals surface area contributed by atoms with Crippen LogP contribution >= 0.6 is 0 Å². The minimum absolute atomic E-state index is 0.00151. The molecule has 1 unspecified atom stereocenters. The van der Waals surface area contributed by atoms with Crippen molar-refractivity contribution in [3.63, 3.8) is 0 Å². The number of hydrogen-bond donors (Lipinski definition) is 1. The fourth-order valence-corrected chi connectivity index (χ4v) is 3.00. The Morgan fingerprint density at radius 3 is 2.34 bits per heavy atom.